The van der Waals surface area contributed by atoms with Crippen molar-refractivity contribution in [2.24, 2.45) is 7.05 Å². The maximum atomic E-state index is 5.58. The fourth-order valence-electron chi connectivity index (χ4n) is 2.19. The van der Waals surface area contributed by atoms with E-state index in [2.05, 4.69) is 15.5 Å². The van der Waals surface area contributed by atoms with Crippen LogP contribution in [0.15, 0.2) is 6.33 Å². The number of hydrogen-bond acceptors (Lipinski definition) is 4. The molecule has 0 spiro atoms. The zero-order valence-corrected chi connectivity index (χ0v) is 10.6. The molecule has 1 aliphatic heterocycles. The third-order valence-corrected chi connectivity index (χ3v) is 3.23. The van der Waals surface area contributed by atoms with Gasteiger partial charge in [-0.25, -0.2) is 0 Å². The number of nitrogens with zero attached hydrogens (tertiary/aromatic N) is 3. The first-order valence-electron chi connectivity index (χ1n) is 6.51. The van der Waals surface area contributed by atoms with E-state index in [1.54, 1.807) is 6.33 Å². The summed E-state index contributed by atoms with van der Waals surface area (Å²) in [5, 5.41) is 11.3. The molecule has 17 heavy (non-hydrogen) atoms. The molecule has 1 aliphatic rings. The summed E-state index contributed by atoms with van der Waals surface area (Å²) >= 11 is 0. The second-order valence-corrected chi connectivity index (χ2v) is 4.64. The molecule has 96 valence electrons. The number of aryl methyl sites for hydroxylation is 1. The van der Waals surface area contributed by atoms with Crippen molar-refractivity contribution in [3.05, 3.63) is 12.2 Å². The van der Waals surface area contributed by atoms with E-state index in [1.165, 1.54) is 25.7 Å². The Hall–Kier alpha value is -0.940. The van der Waals surface area contributed by atoms with Gasteiger partial charge in [-0.2, -0.15) is 0 Å². The molecule has 0 amide bonds. The quantitative estimate of drug-likeness (QED) is 0.717. The molecule has 1 atom stereocenters. The number of ether oxygens (including phenoxy) is 1. The van der Waals surface area contributed by atoms with Crippen molar-refractivity contribution in [2.45, 2.75) is 38.2 Å². The van der Waals surface area contributed by atoms with Crippen molar-refractivity contribution in [3.8, 4) is 0 Å². The standard InChI is InChI=1S/C12H22N4O/c1-16-10-14-15-12(16)6-8-13-7-2-4-11-5-3-9-17-11/h10-11,13H,2-9H2,1H3. The fraction of sp³-hybridized carbons (Fsp3) is 0.833. The van der Waals surface area contributed by atoms with Crippen LogP contribution in [0, 0.1) is 0 Å². The normalized spacial score (nSPS) is 19.9. The zero-order chi connectivity index (χ0) is 11.9. The van der Waals surface area contributed by atoms with Crippen molar-refractivity contribution >= 4 is 0 Å². The van der Waals surface area contributed by atoms with Gasteiger partial charge >= 0.3 is 0 Å². The molecule has 5 nitrogen and oxygen atoms in total. The van der Waals surface area contributed by atoms with Gasteiger partial charge in [-0.05, 0) is 32.2 Å². The van der Waals surface area contributed by atoms with Gasteiger partial charge in [0.05, 0.1) is 6.10 Å². The maximum absolute atomic E-state index is 5.58. The van der Waals surface area contributed by atoms with Crippen molar-refractivity contribution in [1.82, 2.24) is 20.1 Å². The van der Waals surface area contributed by atoms with E-state index in [4.69, 9.17) is 4.74 Å². The lowest BCUT2D eigenvalue weighted by Crippen LogP contribution is -2.21. The van der Waals surface area contributed by atoms with Crippen LogP contribution in [0.2, 0.25) is 0 Å². The van der Waals surface area contributed by atoms with Crippen LogP contribution in [0.3, 0.4) is 0 Å². The van der Waals surface area contributed by atoms with Crippen LogP contribution >= 0.6 is 0 Å². The highest BCUT2D eigenvalue weighted by atomic mass is 16.5. The number of aromatic nitrogens is 3. The van der Waals surface area contributed by atoms with E-state index in [1.807, 2.05) is 11.6 Å². The topological polar surface area (TPSA) is 52.0 Å². The van der Waals surface area contributed by atoms with Gasteiger partial charge in [0.2, 0.25) is 0 Å². The number of hydrogen-bond donors (Lipinski definition) is 1. The Bertz CT molecular complexity index is 320. The van der Waals surface area contributed by atoms with Crippen LogP contribution in [0.5, 0.6) is 0 Å². The lowest BCUT2D eigenvalue weighted by Gasteiger charge is -2.09. The van der Waals surface area contributed by atoms with Crippen LogP contribution in [-0.2, 0) is 18.2 Å². The van der Waals surface area contributed by atoms with E-state index in [0.29, 0.717) is 6.10 Å². The van der Waals surface area contributed by atoms with E-state index in [0.717, 1.165) is 31.9 Å². The highest BCUT2D eigenvalue weighted by Gasteiger charge is 2.14. The molecule has 1 N–H and O–H groups in total. The Morgan fingerprint density at radius 2 is 2.47 bits per heavy atom. The number of nitrogens with one attached hydrogen (secondary N) is 1. The van der Waals surface area contributed by atoms with Crippen molar-refractivity contribution < 1.29 is 4.74 Å². The Kier molecular flexibility index (Phi) is 4.94. The molecule has 2 rings (SSSR count). The smallest absolute Gasteiger partial charge is 0.133 e. The molecule has 1 aromatic heterocycles. The Morgan fingerprint density at radius 3 is 3.18 bits per heavy atom. The van der Waals surface area contributed by atoms with Crippen molar-refractivity contribution in [3.63, 3.8) is 0 Å². The van der Waals surface area contributed by atoms with E-state index < -0.39 is 0 Å². The summed E-state index contributed by atoms with van der Waals surface area (Å²) in [7, 11) is 1.98. The molecule has 5 heteroatoms. The lowest BCUT2D eigenvalue weighted by molar-refractivity contribution is 0.102. The first-order chi connectivity index (χ1) is 8.36. The Labute approximate surface area is 103 Å². The summed E-state index contributed by atoms with van der Waals surface area (Å²) in [5.74, 6) is 1.04. The molecule has 0 aliphatic carbocycles. The first-order valence-corrected chi connectivity index (χ1v) is 6.51. The van der Waals surface area contributed by atoms with E-state index in [-0.39, 0.29) is 0 Å². The molecule has 1 aromatic rings. The third-order valence-electron chi connectivity index (χ3n) is 3.23. The largest absolute Gasteiger partial charge is 0.378 e. The van der Waals surface area contributed by atoms with E-state index >= 15 is 0 Å². The Balaban J connectivity index is 1.47. The highest BCUT2D eigenvalue weighted by molar-refractivity contribution is 4.84. The molecule has 0 radical (unpaired) electrons. The van der Waals surface area contributed by atoms with Gasteiger partial charge in [0, 0.05) is 26.6 Å². The van der Waals surface area contributed by atoms with Crippen LogP contribution in [0.25, 0.3) is 0 Å². The summed E-state index contributed by atoms with van der Waals surface area (Å²) in [6, 6.07) is 0. The highest BCUT2D eigenvalue weighted by Crippen LogP contribution is 2.16. The summed E-state index contributed by atoms with van der Waals surface area (Å²) in [6.45, 7) is 3.00. The van der Waals surface area contributed by atoms with Gasteiger partial charge in [0.15, 0.2) is 0 Å². The SMILES string of the molecule is Cn1cnnc1CCNCCCC1CCCO1. The van der Waals surface area contributed by atoms with Gasteiger partial charge < -0.3 is 14.6 Å². The van der Waals surface area contributed by atoms with Gasteiger partial charge in [-0.3, -0.25) is 0 Å². The van der Waals surface area contributed by atoms with Gasteiger partial charge in [0.1, 0.15) is 12.2 Å². The molecular weight excluding hydrogens is 216 g/mol. The predicted octanol–water partition coefficient (Wildman–Crippen LogP) is 0.906. The molecule has 2 heterocycles. The minimum Gasteiger partial charge on any atom is -0.378 e. The molecule has 1 saturated heterocycles. The van der Waals surface area contributed by atoms with Gasteiger partial charge in [0.25, 0.3) is 0 Å². The first kappa shape index (κ1) is 12.5. The average Bonchev–Trinajstić information content (AvgIpc) is 2.95. The van der Waals surface area contributed by atoms with Crippen molar-refractivity contribution in [1.29, 1.82) is 0 Å². The van der Waals surface area contributed by atoms with Gasteiger partial charge in [-0.15, -0.1) is 10.2 Å². The van der Waals surface area contributed by atoms with E-state index in [9.17, 15) is 0 Å². The zero-order valence-electron chi connectivity index (χ0n) is 10.6. The van der Waals surface area contributed by atoms with Crippen LogP contribution in [0.4, 0.5) is 0 Å². The predicted molar refractivity (Wildman–Crippen MR) is 65.8 cm³/mol. The molecule has 0 saturated carbocycles. The molecule has 1 fully saturated rings. The second-order valence-electron chi connectivity index (χ2n) is 4.64. The molecule has 1 unspecified atom stereocenters. The number of rotatable bonds is 7. The van der Waals surface area contributed by atoms with Crippen LogP contribution in [-0.4, -0.2) is 40.6 Å². The summed E-state index contributed by atoms with van der Waals surface area (Å²) in [5.41, 5.74) is 0. The molecule has 0 bridgehead atoms. The monoisotopic (exact) mass is 238 g/mol. The molecule has 0 aromatic carbocycles. The summed E-state index contributed by atoms with van der Waals surface area (Å²) < 4.78 is 7.55. The van der Waals surface area contributed by atoms with Crippen LogP contribution < -0.4 is 5.32 Å². The molecular formula is C12H22N4O. The summed E-state index contributed by atoms with van der Waals surface area (Å²) in [4.78, 5) is 0. The minimum absolute atomic E-state index is 0.524. The Morgan fingerprint density at radius 1 is 1.53 bits per heavy atom. The minimum atomic E-state index is 0.524. The maximum Gasteiger partial charge on any atom is 0.133 e. The third kappa shape index (κ3) is 4.09. The van der Waals surface area contributed by atoms with Crippen molar-refractivity contribution in [2.75, 3.05) is 19.7 Å². The summed E-state index contributed by atoms with van der Waals surface area (Å²) in [6.07, 6.45) is 8.09. The van der Waals surface area contributed by atoms with Gasteiger partial charge in [-0.1, -0.05) is 0 Å². The second kappa shape index (κ2) is 6.71. The fourth-order valence-corrected chi connectivity index (χ4v) is 2.19. The van der Waals surface area contributed by atoms with Crippen LogP contribution in [0.1, 0.15) is 31.5 Å². The average molecular weight is 238 g/mol. The lowest BCUT2D eigenvalue weighted by atomic mass is 10.1.